The highest BCUT2D eigenvalue weighted by atomic mass is 28.4. The molecule has 49 heavy (non-hydrogen) atoms. The molecule has 1 aromatic carbocycles. The Morgan fingerprint density at radius 2 is 1.22 bits per heavy atom. The topological polar surface area (TPSA) is 66.5 Å². The third kappa shape index (κ3) is 26.1. The fraction of sp³-hybridized carbons (Fsp3) is 0.741. The molecular formula is C27H50F11NO6Si4. The summed E-state index contributed by atoms with van der Waals surface area (Å²) in [6.45, 7) is 8.09. The number of hydrogen-bond donors (Lipinski definition) is 0. The van der Waals surface area contributed by atoms with Gasteiger partial charge < -0.3 is 17.4 Å². The molecule has 22 heteroatoms. The van der Waals surface area contributed by atoms with Crippen LogP contribution in [0.25, 0.3) is 0 Å². The van der Waals surface area contributed by atoms with E-state index in [2.05, 4.69) is 50.3 Å². The van der Waals surface area contributed by atoms with E-state index in [1.807, 2.05) is 12.1 Å². The summed E-state index contributed by atoms with van der Waals surface area (Å²) in [5, 5.41) is 1.23. The van der Waals surface area contributed by atoms with Gasteiger partial charge in [-0.05, 0) is 61.4 Å². The molecule has 292 valence electrons. The van der Waals surface area contributed by atoms with Crippen LogP contribution >= 0.6 is 0 Å². The van der Waals surface area contributed by atoms with Crippen molar-refractivity contribution < 1.29 is 75.6 Å². The van der Waals surface area contributed by atoms with Crippen LogP contribution in [0.15, 0.2) is 24.3 Å². The quantitative estimate of drug-likeness (QED) is 0.0762. The van der Waals surface area contributed by atoms with Crippen LogP contribution in [-0.4, -0.2) is 101 Å². The second-order valence-corrected chi connectivity index (χ2v) is 29.0. The van der Waals surface area contributed by atoms with Gasteiger partial charge >= 0.3 is 27.3 Å². The highest BCUT2D eigenvalue weighted by Gasteiger charge is 2.40. The smallest absolute Gasteiger partial charge is 0.456 e. The first-order chi connectivity index (χ1) is 22.2. The molecule has 0 heterocycles. The maximum Gasteiger partial charge on any atom is 0.500 e. The number of rotatable bonds is 15. The summed E-state index contributed by atoms with van der Waals surface area (Å²) in [5.41, 5.74) is 0.602. The van der Waals surface area contributed by atoms with Crippen molar-refractivity contribution in [2.24, 2.45) is 0 Å². The van der Waals surface area contributed by atoms with E-state index in [1.54, 1.807) is 27.4 Å². The van der Waals surface area contributed by atoms with Crippen LogP contribution in [0.5, 0.6) is 0 Å². The Morgan fingerprint density at radius 1 is 0.776 bits per heavy atom. The van der Waals surface area contributed by atoms with Crippen molar-refractivity contribution in [3.63, 3.8) is 0 Å². The van der Waals surface area contributed by atoms with Crippen molar-refractivity contribution in [1.82, 2.24) is 0 Å². The van der Waals surface area contributed by atoms with Gasteiger partial charge in [0.05, 0.1) is 8.07 Å². The first kappa shape index (κ1) is 52.0. The number of halogens is 11. The summed E-state index contributed by atoms with van der Waals surface area (Å²) in [4.78, 5) is 14.5. The van der Waals surface area contributed by atoms with Gasteiger partial charge in [0, 0.05) is 40.1 Å². The van der Waals surface area contributed by atoms with Gasteiger partial charge in [0.2, 0.25) is 6.93 Å². The Kier molecular flexibility index (Phi) is 25.4. The fourth-order valence-electron chi connectivity index (χ4n) is 4.19. The number of nitrogens with zero attached hydrogens (tertiary/aromatic N) is 1. The first-order valence-electron chi connectivity index (χ1n) is 14.6. The summed E-state index contributed by atoms with van der Waals surface area (Å²) in [6, 6.07) is 11.8. The van der Waals surface area contributed by atoms with Gasteiger partial charge in [-0.1, -0.05) is 36.5 Å². The van der Waals surface area contributed by atoms with Gasteiger partial charge in [0.15, 0.2) is 29.9 Å². The monoisotopic (exact) mass is 805 g/mol. The van der Waals surface area contributed by atoms with Gasteiger partial charge in [0.25, 0.3) is 0 Å². The van der Waals surface area contributed by atoms with E-state index in [-0.39, 0.29) is 0 Å². The van der Waals surface area contributed by atoms with Crippen molar-refractivity contribution in [2.45, 2.75) is 82.2 Å². The number of carbonyl (C=O) groups is 1. The van der Waals surface area contributed by atoms with Crippen molar-refractivity contribution in [2.75, 3.05) is 53.5 Å². The molecule has 1 rings (SSSR count). The largest absolute Gasteiger partial charge is 0.500 e. The zero-order valence-electron chi connectivity index (χ0n) is 29.5. The third-order valence-electron chi connectivity index (χ3n) is 6.75. The number of anilines is 1. The van der Waals surface area contributed by atoms with E-state index in [0.29, 0.717) is 5.69 Å². The lowest BCUT2D eigenvalue weighted by Gasteiger charge is -2.36. The highest BCUT2D eigenvalue weighted by molar-refractivity contribution is 6.92. The molecule has 0 atom stereocenters. The average molecular weight is 806 g/mol. The summed E-state index contributed by atoms with van der Waals surface area (Å²) in [7, 11) is -1.59. The maximum atomic E-state index is 13.2. The van der Waals surface area contributed by atoms with E-state index < -0.39 is 72.2 Å². The molecule has 0 spiro atoms. The Labute approximate surface area is 285 Å². The molecule has 0 saturated heterocycles. The standard InChI is InChI=1S/C22H44FNO5Si4.C2H2F4O.C2H2F4.CH2F2/c1-24(22(23)25)20-13-11-14-21(19-20)30(5,6)17-18-32(9,10)29-31(7,8)15-12-16-33(26-2,27-3)28-4;3-2(4,5)1-7-6;3-1-2(4,5)6;2-1-3/h11,13-14,19H,12,15-18H2,1-10H3;1H2;1H2;1H2. The van der Waals surface area contributed by atoms with E-state index in [4.69, 9.17) is 17.4 Å². The van der Waals surface area contributed by atoms with Crippen LogP contribution in [0.1, 0.15) is 6.42 Å². The lowest BCUT2D eigenvalue weighted by atomic mass is 10.3. The van der Waals surface area contributed by atoms with Crippen molar-refractivity contribution in [3.05, 3.63) is 24.3 Å². The van der Waals surface area contributed by atoms with E-state index in [0.717, 1.165) is 35.5 Å². The number of alkyl halides is 9. The summed E-state index contributed by atoms with van der Waals surface area (Å²) in [6.07, 6.45) is -9.64. The van der Waals surface area contributed by atoms with Crippen LogP contribution in [0, 0.1) is 0 Å². The van der Waals surface area contributed by atoms with Gasteiger partial charge in [0.1, 0.15) is 0 Å². The molecule has 1 amide bonds. The molecule has 0 aliphatic heterocycles. The third-order valence-corrected chi connectivity index (χ3v) is 20.9. The fourth-order valence-corrected chi connectivity index (χ4v) is 20.4. The second-order valence-electron chi connectivity index (χ2n) is 12.2. The van der Waals surface area contributed by atoms with E-state index in [9.17, 15) is 53.2 Å². The minimum atomic E-state index is -4.62. The highest BCUT2D eigenvalue weighted by Crippen LogP contribution is 2.29. The number of amides is 1. The van der Waals surface area contributed by atoms with Crippen molar-refractivity contribution >= 4 is 50.5 Å². The number of carbonyl (C=O) groups excluding carboxylic acids is 1. The summed E-state index contributed by atoms with van der Waals surface area (Å²) >= 11 is 0. The molecule has 0 bridgehead atoms. The average Bonchev–Trinajstić information content (AvgIpc) is 2.98. The molecule has 0 aliphatic carbocycles. The van der Waals surface area contributed by atoms with Crippen LogP contribution in [-0.2, 0) is 22.3 Å². The molecule has 0 unspecified atom stereocenters. The zero-order chi connectivity index (χ0) is 39.3. The first-order valence-corrected chi connectivity index (χ1v) is 26.0. The normalized spacial score (nSPS) is 12.5. The molecule has 0 saturated carbocycles. The molecule has 0 aliphatic rings. The molecule has 0 aromatic heterocycles. The van der Waals surface area contributed by atoms with E-state index >= 15 is 0 Å². The summed E-state index contributed by atoms with van der Waals surface area (Å²) < 4.78 is 140. The van der Waals surface area contributed by atoms with Crippen LogP contribution in [0.2, 0.25) is 63.5 Å². The van der Waals surface area contributed by atoms with Crippen molar-refractivity contribution in [1.29, 1.82) is 0 Å². The minimum Gasteiger partial charge on any atom is -0.456 e. The molecule has 0 fully saturated rings. The Balaban J connectivity index is -0.00000109. The predicted molar refractivity (Wildman–Crippen MR) is 177 cm³/mol. The van der Waals surface area contributed by atoms with Crippen molar-refractivity contribution in [3.8, 4) is 0 Å². The molecule has 1 aromatic rings. The predicted octanol–water partition coefficient (Wildman–Crippen LogP) is 9.67. The van der Waals surface area contributed by atoms with Crippen LogP contribution in [0.4, 0.5) is 58.9 Å². The molecular weight excluding hydrogens is 756 g/mol. The van der Waals surface area contributed by atoms with Gasteiger partial charge in [-0.25, -0.2) is 18.0 Å². The van der Waals surface area contributed by atoms with E-state index in [1.165, 1.54) is 12.2 Å². The lowest BCUT2D eigenvalue weighted by molar-refractivity contribution is -0.245. The Morgan fingerprint density at radius 3 is 1.57 bits per heavy atom. The second kappa shape index (κ2) is 23.9. The maximum absolute atomic E-state index is 13.2. The lowest BCUT2D eigenvalue weighted by Crippen LogP contribution is -2.48. The van der Waals surface area contributed by atoms with Crippen LogP contribution in [0.3, 0.4) is 0 Å². The van der Waals surface area contributed by atoms with Gasteiger partial charge in [-0.3, -0.25) is 4.90 Å². The van der Waals surface area contributed by atoms with Crippen LogP contribution < -0.4 is 10.1 Å². The zero-order valence-corrected chi connectivity index (χ0v) is 33.5. The summed E-state index contributed by atoms with van der Waals surface area (Å²) in [5.74, 6) is 0. The molecule has 0 radical (unpaired) electrons. The Bertz CT molecular complexity index is 1030. The minimum absolute atomic E-state index is 0.602. The number of hydrogen-bond acceptors (Lipinski definition) is 6. The SMILES string of the molecule is CO[Si](CCC[Si](C)(C)O[Si](C)(C)CC[Si](C)(C)c1cccc(N(C)C(=O)F)c1)(OC)OC.FCC(F)(F)F.FCF.FOCC(F)(F)F. The molecule has 7 nitrogen and oxygen atoms in total. The molecule has 0 N–H and O–H groups in total. The van der Waals surface area contributed by atoms with Gasteiger partial charge in [-0.2, -0.15) is 31.3 Å². The van der Waals surface area contributed by atoms with Gasteiger partial charge in [-0.15, -0.1) is 4.39 Å². The Hall–Kier alpha value is -1.41. The number of benzene rings is 1.